The summed E-state index contributed by atoms with van der Waals surface area (Å²) in [5.74, 6) is 0.686. The molecule has 0 aliphatic carbocycles. The van der Waals surface area contributed by atoms with Crippen LogP contribution in [0.1, 0.15) is 16.7 Å². The molecular formula is C18H14ClN3O2S2. The number of anilines is 1. The first-order chi connectivity index (χ1) is 12.4. The SMILES string of the molecule is Cc1cnc2c(c1)CC(c1cc(NS(=O)(=O)c3cccs3)ccc1Cl)=N2. The number of nitrogens with one attached hydrogen (secondary N) is 1. The van der Waals surface area contributed by atoms with Crippen molar-refractivity contribution in [3.05, 3.63) is 69.7 Å². The number of nitrogens with zero attached hydrogens (tertiary/aromatic N) is 2. The quantitative estimate of drug-likeness (QED) is 0.692. The van der Waals surface area contributed by atoms with Crippen LogP contribution in [-0.4, -0.2) is 19.1 Å². The van der Waals surface area contributed by atoms with Crippen molar-refractivity contribution >= 4 is 50.2 Å². The van der Waals surface area contributed by atoms with Crippen molar-refractivity contribution in [2.75, 3.05) is 4.72 Å². The van der Waals surface area contributed by atoms with Gasteiger partial charge in [-0.15, -0.1) is 11.3 Å². The second-order valence-corrected chi connectivity index (χ2v) is 9.23. The Balaban J connectivity index is 1.66. The van der Waals surface area contributed by atoms with Gasteiger partial charge in [-0.25, -0.2) is 18.4 Å². The fraction of sp³-hybridized carbons (Fsp3) is 0.111. The van der Waals surface area contributed by atoms with E-state index in [1.54, 1.807) is 41.9 Å². The minimum Gasteiger partial charge on any atom is -0.279 e. The van der Waals surface area contributed by atoms with Crippen LogP contribution in [-0.2, 0) is 16.4 Å². The molecule has 0 spiro atoms. The highest BCUT2D eigenvalue weighted by molar-refractivity contribution is 7.94. The van der Waals surface area contributed by atoms with E-state index in [0.29, 0.717) is 28.5 Å². The van der Waals surface area contributed by atoms with E-state index in [9.17, 15) is 8.42 Å². The van der Waals surface area contributed by atoms with Crippen LogP contribution in [0.15, 0.2) is 57.2 Å². The summed E-state index contributed by atoms with van der Waals surface area (Å²) in [6.45, 7) is 1.98. The Labute approximate surface area is 160 Å². The topological polar surface area (TPSA) is 71.4 Å². The zero-order chi connectivity index (χ0) is 18.3. The van der Waals surface area contributed by atoms with Crippen molar-refractivity contribution in [1.29, 1.82) is 0 Å². The third-order valence-electron chi connectivity index (χ3n) is 3.97. The Morgan fingerprint density at radius 2 is 2.08 bits per heavy atom. The maximum absolute atomic E-state index is 12.4. The summed E-state index contributed by atoms with van der Waals surface area (Å²) >= 11 is 7.51. The van der Waals surface area contributed by atoms with Crippen LogP contribution in [0.5, 0.6) is 0 Å². The molecule has 0 saturated heterocycles. The van der Waals surface area contributed by atoms with Gasteiger partial charge in [-0.3, -0.25) is 4.72 Å². The van der Waals surface area contributed by atoms with Gasteiger partial charge >= 0.3 is 0 Å². The Hall–Kier alpha value is -2.22. The van der Waals surface area contributed by atoms with E-state index < -0.39 is 10.0 Å². The van der Waals surface area contributed by atoms with E-state index >= 15 is 0 Å². The molecule has 8 heteroatoms. The Bertz CT molecular complexity index is 1120. The minimum atomic E-state index is -3.61. The number of halogens is 1. The van der Waals surface area contributed by atoms with Crippen molar-refractivity contribution in [3.8, 4) is 0 Å². The summed E-state index contributed by atoms with van der Waals surface area (Å²) in [7, 11) is -3.61. The summed E-state index contributed by atoms with van der Waals surface area (Å²) in [4.78, 5) is 8.90. The molecule has 3 heterocycles. The molecule has 0 atom stereocenters. The van der Waals surface area contributed by atoms with Gasteiger partial charge in [-0.05, 0) is 42.1 Å². The maximum Gasteiger partial charge on any atom is 0.271 e. The molecule has 1 aromatic carbocycles. The van der Waals surface area contributed by atoms with E-state index in [0.717, 1.165) is 16.8 Å². The first kappa shape index (κ1) is 17.2. The van der Waals surface area contributed by atoms with Gasteiger partial charge in [0.1, 0.15) is 4.21 Å². The van der Waals surface area contributed by atoms with E-state index in [1.807, 2.05) is 6.92 Å². The molecule has 3 aromatic rings. The molecule has 0 unspecified atom stereocenters. The van der Waals surface area contributed by atoms with Gasteiger partial charge in [0.25, 0.3) is 10.0 Å². The van der Waals surface area contributed by atoms with E-state index in [-0.39, 0.29) is 4.21 Å². The largest absolute Gasteiger partial charge is 0.279 e. The van der Waals surface area contributed by atoms with E-state index in [4.69, 9.17) is 11.6 Å². The number of sulfonamides is 1. The van der Waals surface area contributed by atoms with Crippen LogP contribution in [0, 0.1) is 6.92 Å². The number of aliphatic imine (C=N–C) groups is 1. The van der Waals surface area contributed by atoms with Crippen LogP contribution in [0.2, 0.25) is 5.02 Å². The predicted molar refractivity (Wildman–Crippen MR) is 105 cm³/mol. The van der Waals surface area contributed by atoms with Gasteiger partial charge in [0.05, 0.1) is 5.71 Å². The molecule has 132 valence electrons. The number of pyridine rings is 1. The molecule has 0 fully saturated rings. The molecule has 2 aromatic heterocycles. The number of benzene rings is 1. The molecule has 0 bridgehead atoms. The Kier molecular flexibility index (Phi) is 4.30. The van der Waals surface area contributed by atoms with E-state index in [2.05, 4.69) is 20.8 Å². The lowest BCUT2D eigenvalue weighted by Crippen LogP contribution is -2.12. The lowest BCUT2D eigenvalue weighted by Gasteiger charge is -2.10. The lowest BCUT2D eigenvalue weighted by molar-refractivity contribution is 0.603. The smallest absolute Gasteiger partial charge is 0.271 e. The van der Waals surface area contributed by atoms with Crippen LogP contribution < -0.4 is 4.72 Å². The van der Waals surface area contributed by atoms with Gasteiger partial charge in [0.2, 0.25) is 0 Å². The van der Waals surface area contributed by atoms with Crippen molar-refractivity contribution in [2.45, 2.75) is 17.6 Å². The zero-order valence-electron chi connectivity index (χ0n) is 13.7. The number of rotatable bonds is 4. The third kappa shape index (κ3) is 3.25. The van der Waals surface area contributed by atoms with Crippen molar-refractivity contribution in [2.24, 2.45) is 4.99 Å². The van der Waals surface area contributed by atoms with Crippen molar-refractivity contribution in [1.82, 2.24) is 4.98 Å². The van der Waals surface area contributed by atoms with Gasteiger partial charge in [0.15, 0.2) is 5.82 Å². The van der Waals surface area contributed by atoms with Crippen LogP contribution in [0.3, 0.4) is 0 Å². The molecular weight excluding hydrogens is 390 g/mol. The third-order valence-corrected chi connectivity index (χ3v) is 7.08. The average Bonchev–Trinajstić information content (AvgIpc) is 3.25. The van der Waals surface area contributed by atoms with Gasteiger partial charge in [0, 0.05) is 34.5 Å². The first-order valence-electron chi connectivity index (χ1n) is 7.82. The monoisotopic (exact) mass is 403 g/mol. The Morgan fingerprint density at radius 3 is 2.85 bits per heavy atom. The van der Waals surface area contributed by atoms with Crippen molar-refractivity contribution < 1.29 is 8.42 Å². The number of aromatic nitrogens is 1. The second kappa shape index (κ2) is 6.50. The van der Waals surface area contributed by atoms with Gasteiger partial charge in [-0.1, -0.05) is 23.7 Å². The molecule has 0 radical (unpaired) electrons. The summed E-state index contributed by atoms with van der Waals surface area (Å²) in [5, 5.41) is 2.24. The summed E-state index contributed by atoms with van der Waals surface area (Å²) < 4.78 is 27.7. The number of hydrogen-bond donors (Lipinski definition) is 1. The normalized spacial score (nSPS) is 13.4. The molecule has 1 N–H and O–H groups in total. The molecule has 26 heavy (non-hydrogen) atoms. The summed E-state index contributed by atoms with van der Waals surface area (Å²) in [6, 6.07) is 10.3. The average molecular weight is 404 g/mol. The maximum atomic E-state index is 12.4. The van der Waals surface area contributed by atoms with E-state index in [1.165, 1.54) is 11.3 Å². The predicted octanol–water partition coefficient (Wildman–Crippen LogP) is 4.58. The molecule has 0 saturated carbocycles. The lowest BCUT2D eigenvalue weighted by atomic mass is 10.0. The number of thiophene rings is 1. The standard InChI is InChI=1S/C18H14ClN3O2S2/c1-11-7-12-8-16(21-18(12)20-10-11)14-9-13(4-5-15(14)19)22-26(23,24)17-3-2-6-25-17/h2-7,9-10,22H,8H2,1H3. The zero-order valence-corrected chi connectivity index (χ0v) is 16.1. The Morgan fingerprint density at radius 1 is 1.23 bits per heavy atom. The van der Waals surface area contributed by atoms with Crippen LogP contribution in [0.4, 0.5) is 11.5 Å². The molecule has 4 rings (SSSR count). The number of aryl methyl sites for hydroxylation is 1. The fourth-order valence-corrected chi connectivity index (χ4v) is 5.06. The van der Waals surface area contributed by atoms with Gasteiger partial charge < -0.3 is 0 Å². The van der Waals surface area contributed by atoms with Gasteiger partial charge in [-0.2, -0.15) is 0 Å². The second-order valence-electron chi connectivity index (χ2n) is 5.96. The highest BCUT2D eigenvalue weighted by Crippen LogP contribution is 2.31. The van der Waals surface area contributed by atoms with Crippen molar-refractivity contribution in [3.63, 3.8) is 0 Å². The number of fused-ring (bicyclic) bond motifs is 1. The van der Waals surface area contributed by atoms with Crippen LogP contribution in [0.25, 0.3) is 0 Å². The summed E-state index contributed by atoms with van der Waals surface area (Å²) in [6.07, 6.45) is 2.39. The molecule has 1 aliphatic heterocycles. The highest BCUT2D eigenvalue weighted by Gasteiger charge is 2.21. The molecule has 0 amide bonds. The first-order valence-corrected chi connectivity index (χ1v) is 10.6. The number of hydrogen-bond acceptors (Lipinski definition) is 5. The molecule has 1 aliphatic rings. The summed E-state index contributed by atoms with van der Waals surface area (Å²) in [5.41, 5.74) is 4.04. The fourth-order valence-electron chi connectivity index (χ4n) is 2.79. The minimum absolute atomic E-state index is 0.263. The van der Waals surface area contributed by atoms with Crippen LogP contribution >= 0.6 is 22.9 Å². The molecule has 5 nitrogen and oxygen atoms in total. The highest BCUT2D eigenvalue weighted by atomic mass is 35.5.